The third-order valence-electron chi connectivity index (χ3n) is 1.72. The highest BCUT2D eigenvalue weighted by Crippen LogP contribution is 2.37. The molecule has 0 atom stereocenters. The van der Waals surface area contributed by atoms with E-state index in [2.05, 4.69) is 4.99 Å². The van der Waals surface area contributed by atoms with E-state index >= 15 is 0 Å². The zero-order chi connectivity index (χ0) is 14.1. The summed E-state index contributed by atoms with van der Waals surface area (Å²) in [6, 6.07) is 2.08. The molecule has 0 spiro atoms. The third-order valence-corrected chi connectivity index (χ3v) is 2.34. The maximum absolute atomic E-state index is 12.4. The molecule has 0 saturated heterocycles. The second-order valence-corrected chi connectivity index (χ2v) is 3.83. The Kier molecular flexibility index (Phi) is 4.17. The number of benzene rings is 1. The van der Waals surface area contributed by atoms with Crippen molar-refractivity contribution in [1.29, 1.82) is 0 Å². The molecule has 1 rings (SSSR count). The van der Waals surface area contributed by atoms with E-state index < -0.39 is 33.8 Å². The molecule has 0 aliphatic heterocycles. The van der Waals surface area contributed by atoms with Crippen molar-refractivity contribution in [3.8, 4) is 0 Å². The fourth-order valence-electron chi connectivity index (χ4n) is 0.977. The number of aliphatic imine (C=N–C) groups is 1. The van der Waals surface area contributed by atoms with E-state index in [9.17, 15) is 26.3 Å². The molecule has 0 unspecified atom stereocenters. The molecule has 0 fully saturated rings. The van der Waals surface area contributed by atoms with Crippen LogP contribution < -0.4 is 0 Å². The van der Waals surface area contributed by atoms with E-state index in [1.54, 1.807) is 0 Å². The van der Waals surface area contributed by atoms with Crippen molar-refractivity contribution in [2.24, 2.45) is 4.99 Å². The van der Waals surface area contributed by atoms with Crippen LogP contribution in [-0.2, 0) is 6.18 Å². The summed E-state index contributed by atoms with van der Waals surface area (Å²) < 4.78 is 73.3. The van der Waals surface area contributed by atoms with Crippen LogP contribution >= 0.6 is 23.2 Å². The topological polar surface area (TPSA) is 12.4 Å². The van der Waals surface area contributed by atoms with Gasteiger partial charge in [0.05, 0.1) is 16.3 Å². The fraction of sp³-hybridized carbons (Fsp3) is 0.222. The molecular weight excluding hydrogens is 307 g/mol. The van der Waals surface area contributed by atoms with E-state index in [1.165, 1.54) is 0 Å². The predicted molar refractivity (Wildman–Crippen MR) is 55.5 cm³/mol. The van der Waals surface area contributed by atoms with Gasteiger partial charge in [-0.3, -0.25) is 0 Å². The van der Waals surface area contributed by atoms with Crippen LogP contribution in [0.25, 0.3) is 0 Å². The quantitative estimate of drug-likeness (QED) is 0.500. The lowest BCUT2D eigenvalue weighted by molar-refractivity contribution is -0.137. The number of halogens is 8. The molecule has 0 radical (unpaired) electrons. The largest absolute Gasteiger partial charge is 0.444 e. The first-order valence-electron chi connectivity index (χ1n) is 4.20. The van der Waals surface area contributed by atoms with Gasteiger partial charge >= 0.3 is 12.4 Å². The molecule has 1 aromatic carbocycles. The van der Waals surface area contributed by atoms with Gasteiger partial charge in [-0.25, -0.2) is 4.99 Å². The molecule has 18 heavy (non-hydrogen) atoms. The summed E-state index contributed by atoms with van der Waals surface area (Å²) in [6.07, 6.45) is -9.70. The molecule has 0 aromatic heterocycles. The van der Waals surface area contributed by atoms with Crippen LogP contribution in [0.2, 0.25) is 5.02 Å². The Hall–Kier alpha value is -0.950. The number of nitrogens with zero attached hydrogens (tertiary/aromatic N) is 1. The molecule has 100 valence electrons. The molecule has 0 amide bonds. The van der Waals surface area contributed by atoms with Crippen LogP contribution in [0.5, 0.6) is 0 Å². The molecule has 0 saturated carbocycles. The number of hydrogen-bond donors (Lipinski definition) is 0. The zero-order valence-corrected chi connectivity index (χ0v) is 9.71. The van der Waals surface area contributed by atoms with Crippen molar-refractivity contribution in [3.63, 3.8) is 0 Å². The van der Waals surface area contributed by atoms with Gasteiger partial charge in [0, 0.05) is 0 Å². The van der Waals surface area contributed by atoms with Gasteiger partial charge in [0.15, 0.2) is 0 Å². The van der Waals surface area contributed by atoms with Crippen LogP contribution in [0, 0.1) is 0 Å². The highest BCUT2D eigenvalue weighted by Gasteiger charge is 2.36. The summed E-state index contributed by atoms with van der Waals surface area (Å²) in [7, 11) is 0. The number of alkyl halides is 6. The van der Waals surface area contributed by atoms with E-state index in [0.29, 0.717) is 6.07 Å². The number of rotatable bonds is 1. The Morgan fingerprint density at radius 1 is 1.06 bits per heavy atom. The van der Waals surface area contributed by atoms with Gasteiger partial charge in [0.1, 0.15) is 0 Å². The molecule has 0 N–H and O–H groups in total. The third kappa shape index (κ3) is 3.78. The SMILES string of the molecule is FC(F)(F)C(Cl)=Nc1ccc(Cl)c(C(F)(F)F)c1. The lowest BCUT2D eigenvalue weighted by Gasteiger charge is -2.09. The van der Waals surface area contributed by atoms with Gasteiger partial charge in [0.25, 0.3) is 0 Å². The first kappa shape index (κ1) is 15.1. The Balaban J connectivity index is 3.23. The molecule has 0 aliphatic carbocycles. The van der Waals surface area contributed by atoms with Crippen molar-refractivity contribution < 1.29 is 26.3 Å². The number of hydrogen-bond acceptors (Lipinski definition) is 1. The van der Waals surface area contributed by atoms with Gasteiger partial charge in [-0.05, 0) is 18.2 Å². The molecule has 0 aliphatic rings. The van der Waals surface area contributed by atoms with Crippen LogP contribution in [0.4, 0.5) is 32.0 Å². The van der Waals surface area contributed by atoms with Gasteiger partial charge in [0.2, 0.25) is 5.17 Å². The monoisotopic (exact) mass is 309 g/mol. The maximum Gasteiger partial charge on any atom is 0.444 e. The summed E-state index contributed by atoms with van der Waals surface area (Å²) in [5, 5.41) is -2.40. The Bertz CT molecular complexity index is 477. The first-order valence-corrected chi connectivity index (χ1v) is 4.95. The van der Waals surface area contributed by atoms with Crippen molar-refractivity contribution in [2.75, 3.05) is 0 Å². The smallest absolute Gasteiger partial charge is 0.232 e. The van der Waals surface area contributed by atoms with E-state index in [-0.39, 0.29) is 0 Å². The van der Waals surface area contributed by atoms with Crippen molar-refractivity contribution >= 4 is 34.1 Å². The predicted octanol–water partition coefficient (Wildman–Crippen LogP) is 5.19. The van der Waals surface area contributed by atoms with Crippen LogP contribution in [0.1, 0.15) is 5.56 Å². The fourth-order valence-corrected chi connectivity index (χ4v) is 1.30. The highest BCUT2D eigenvalue weighted by atomic mass is 35.5. The van der Waals surface area contributed by atoms with Crippen molar-refractivity contribution in [1.82, 2.24) is 0 Å². The second kappa shape index (κ2) is 4.97. The zero-order valence-electron chi connectivity index (χ0n) is 8.20. The second-order valence-electron chi connectivity index (χ2n) is 3.06. The minimum absolute atomic E-state index is 0.385. The summed E-state index contributed by atoms with van der Waals surface area (Å²) in [5.74, 6) is 0. The van der Waals surface area contributed by atoms with Crippen LogP contribution in [0.3, 0.4) is 0 Å². The minimum atomic E-state index is -4.92. The molecule has 0 bridgehead atoms. The summed E-state index contributed by atoms with van der Waals surface area (Å²) in [6.45, 7) is 0. The standard InChI is InChI=1S/C9H3Cl2F6N/c10-6-2-1-4(3-5(6)8(12,13)14)18-7(11)9(15,16)17/h1-3H. The van der Waals surface area contributed by atoms with E-state index in [1.807, 2.05) is 0 Å². The van der Waals surface area contributed by atoms with Crippen molar-refractivity contribution in [2.45, 2.75) is 12.4 Å². The average Bonchev–Trinajstić information content (AvgIpc) is 2.17. The van der Waals surface area contributed by atoms with Gasteiger partial charge in [-0.15, -0.1) is 0 Å². The Morgan fingerprint density at radius 3 is 2.06 bits per heavy atom. The highest BCUT2D eigenvalue weighted by molar-refractivity contribution is 6.67. The molecule has 1 aromatic rings. The van der Waals surface area contributed by atoms with Crippen LogP contribution in [0.15, 0.2) is 23.2 Å². The normalized spacial score (nSPS) is 13.9. The lowest BCUT2D eigenvalue weighted by Crippen LogP contribution is -2.16. The average molecular weight is 310 g/mol. The molecular formula is C9H3Cl2F6N. The van der Waals surface area contributed by atoms with Crippen LogP contribution in [-0.4, -0.2) is 11.3 Å². The molecule has 0 heterocycles. The molecule has 1 nitrogen and oxygen atoms in total. The Morgan fingerprint density at radius 2 is 1.61 bits per heavy atom. The minimum Gasteiger partial charge on any atom is -0.232 e. The summed E-state index contributed by atoms with van der Waals surface area (Å²) >= 11 is 10.1. The Labute approximate surface area is 107 Å². The van der Waals surface area contributed by atoms with Crippen molar-refractivity contribution in [3.05, 3.63) is 28.8 Å². The first-order chi connectivity index (χ1) is 8.01. The lowest BCUT2D eigenvalue weighted by atomic mass is 10.2. The van der Waals surface area contributed by atoms with Gasteiger partial charge in [-0.1, -0.05) is 23.2 Å². The summed E-state index contributed by atoms with van der Waals surface area (Å²) in [5.41, 5.74) is -1.87. The van der Waals surface area contributed by atoms with Gasteiger partial charge < -0.3 is 0 Å². The van der Waals surface area contributed by atoms with E-state index in [4.69, 9.17) is 23.2 Å². The van der Waals surface area contributed by atoms with E-state index in [0.717, 1.165) is 12.1 Å². The molecule has 9 heteroatoms. The summed E-state index contributed by atoms with van der Waals surface area (Å²) in [4.78, 5) is 2.84. The van der Waals surface area contributed by atoms with Gasteiger partial charge in [-0.2, -0.15) is 26.3 Å². The maximum atomic E-state index is 12.4.